The van der Waals surface area contributed by atoms with Gasteiger partial charge in [-0.2, -0.15) is 0 Å². The van der Waals surface area contributed by atoms with Crippen molar-refractivity contribution in [1.82, 2.24) is 4.98 Å². The van der Waals surface area contributed by atoms with Crippen molar-refractivity contribution < 1.29 is 9.90 Å². The summed E-state index contributed by atoms with van der Waals surface area (Å²) in [5.74, 6) is 0.308. The van der Waals surface area contributed by atoms with Crippen LogP contribution in [0.5, 0.6) is 5.75 Å². The number of hydrogen-bond donors (Lipinski definition) is 3. The van der Waals surface area contributed by atoms with Gasteiger partial charge in [-0.25, -0.2) is 4.98 Å². The molecule has 0 aliphatic heterocycles. The number of rotatable bonds is 3. The monoisotopic (exact) mass is 271 g/mol. The molecule has 1 aliphatic rings. The summed E-state index contributed by atoms with van der Waals surface area (Å²) in [6, 6.07) is 3.22. The average molecular weight is 272 g/mol. The predicted molar refractivity (Wildman–Crippen MR) is 71.7 cm³/mol. The first-order chi connectivity index (χ1) is 8.16. The van der Waals surface area contributed by atoms with Crippen molar-refractivity contribution in [3.63, 3.8) is 0 Å². The van der Waals surface area contributed by atoms with Gasteiger partial charge < -0.3 is 16.2 Å². The largest absolute Gasteiger partial charge is 0.504 e. The van der Waals surface area contributed by atoms with Crippen LogP contribution in [0.2, 0.25) is 0 Å². The molecule has 1 aliphatic carbocycles. The van der Waals surface area contributed by atoms with Crippen LogP contribution < -0.4 is 11.1 Å². The molecule has 4 N–H and O–H groups in total. The van der Waals surface area contributed by atoms with Gasteiger partial charge in [0.05, 0.1) is 0 Å². The Morgan fingerprint density at radius 3 is 2.94 bits per heavy atom. The number of halogens is 1. The number of carbonyl (C=O) groups is 1. The van der Waals surface area contributed by atoms with Crippen molar-refractivity contribution >= 4 is 24.1 Å². The Labute approximate surface area is 112 Å². The smallest absolute Gasteiger partial charge is 0.225 e. The van der Waals surface area contributed by atoms with Crippen molar-refractivity contribution in [1.29, 1.82) is 0 Å². The van der Waals surface area contributed by atoms with E-state index in [1.54, 1.807) is 6.07 Å². The van der Waals surface area contributed by atoms with Crippen LogP contribution in [-0.4, -0.2) is 22.0 Å². The molecule has 0 bridgehead atoms. The topological polar surface area (TPSA) is 88.2 Å². The summed E-state index contributed by atoms with van der Waals surface area (Å²) in [5.41, 5.74) is 5.91. The van der Waals surface area contributed by atoms with Gasteiger partial charge in [0.25, 0.3) is 0 Å². The number of aromatic nitrogens is 1. The third-order valence-corrected chi connectivity index (χ3v) is 3.21. The minimum Gasteiger partial charge on any atom is -0.504 e. The van der Waals surface area contributed by atoms with Crippen molar-refractivity contribution in [2.24, 2.45) is 11.7 Å². The van der Waals surface area contributed by atoms with E-state index in [9.17, 15) is 9.90 Å². The quantitative estimate of drug-likeness (QED) is 0.780. The summed E-state index contributed by atoms with van der Waals surface area (Å²) in [5, 5.41) is 12.1. The third-order valence-electron chi connectivity index (χ3n) is 3.21. The van der Waals surface area contributed by atoms with Crippen LogP contribution in [-0.2, 0) is 4.79 Å². The Morgan fingerprint density at radius 1 is 1.56 bits per heavy atom. The highest BCUT2D eigenvalue weighted by molar-refractivity contribution is 5.91. The highest BCUT2D eigenvalue weighted by Gasteiger charge is 2.26. The summed E-state index contributed by atoms with van der Waals surface area (Å²) >= 11 is 0. The number of nitrogens with one attached hydrogen (secondary N) is 1. The second-order valence-corrected chi connectivity index (χ2v) is 4.48. The number of amides is 1. The van der Waals surface area contributed by atoms with Crippen LogP contribution in [0.3, 0.4) is 0 Å². The second kappa shape index (κ2) is 6.56. The number of nitrogens with zero attached hydrogens (tertiary/aromatic N) is 1. The van der Waals surface area contributed by atoms with Gasteiger partial charge >= 0.3 is 0 Å². The molecule has 100 valence electrons. The summed E-state index contributed by atoms with van der Waals surface area (Å²) in [6.45, 7) is 0. The fourth-order valence-corrected chi connectivity index (χ4v) is 2.23. The molecule has 0 aromatic carbocycles. The summed E-state index contributed by atoms with van der Waals surface area (Å²) in [4.78, 5) is 15.6. The Morgan fingerprint density at radius 2 is 2.33 bits per heavy atom. The predicted octanol–water partition coefficient (Wildman–Crippen LogP) is 1.66. The van der Waals surface area contributed by atoms with Crippen LogP contribution in [0.15, 0.2) is 18.3 Å². The second-order valence-electron chi connectivity index (χ2n) is 4.48. The lowest BCUT2D eigenvalue weighted by molar-refractivity contribution is -0.117. The Bertz CT molecular complexity index is 414. The zero-order chi connectivity index (χ0) is 12.3. The lowest BCUT2D eigenvalue weighted by Gasteiger charge is -2.14. The highest BCUT2D eigenvalue weighted by atomic mass is 35.5. The van der Waals surface area contributed by atoms with Gasteiger partial charge in [0.15, 0.2) is 11.6 Å². The van der Waals surface area contributed by atoms with E-state index >= 15 is 0 Å². The molecule has 0 saturated heterocycles. The van der Waals surface area contributed by atoms with E-state index in [-0.39, 0.29) is 41.8 Å². The van der Waals surface area contributed by atoms with E-state index in [0.29, 0.717) is 6.42 Å². The van der Waals surface area contributed by atoms with E-state index in [1.807, 2.05) is 0 Å². The van der Waals surface area contributed by atoms with Gasteiger partial charge in [-0.05, 0) is 30.9 Å². The van der Waals surface area contributed by atoms with E-state index in [0.717, 1.165) is 19.3 Å². The minimum atomic E-state index is -0.138. The summed E-state index contributed by atoms with van der Waals surface area (Å²) < 4.78 is 0. The SMILES string of the molecule is Cl.N[C@@H]1CCC[C@H]1CC(=O)Nc1ncccc1O. The molecule has 0 unspecified atom stereocenters. The molecule has 0 radical (unpaired) electrons. The number of pyridine rings is 1. The Kier molecular flexibility index (Phi) is 5.37. The van der Waals surface area contributed by atoms with Crippen molar-refractivity contribution in [2.75, 3.05) is 5.32 Å². The molecule has 1 heterocycles. The molecule has 2 atom stereocenters. The molecule has 6 heteroatoms. The molecule has 0 spiro atoms. The maximum Gasteiger partial charge on any atom is 0.225 e. The molecule has 18 heavy (non-hydrogen) atoms. The third kappa shape index (κ3) is 3.58. The fraction of sp³-hybridized carbons (Fsp3) is 0.500. The van der Waals surface area contributed by atoms with Gasteiger partial charge in [-0.3, -0.25) is 4.79 Å². The highest BCUT2D eigenvalue weighted by Crippen LogP contribution is 2.27. The van der Waals surface area contributed by atoms with Crippen LogP contribution >= 0.6 is 12.4 Å². The molecule has 1 amide bonds. The van der Waals surface area contributed by atoms with Gasteiger partial charge in [0.2, 0.25) is 5.91 Å². The van der Waals surface area contributed by atoms with Crippen LogP contribution in [0.1, 0.15) is 25.7 Å². The van der Waals surface area contributed by atoms with E-state index in [1.165, 1.54) is 12.3 Å². The van der Waals surface area contributed by atoms with Gasteiger partial charge in [0.1, 0.15) is 0 Å². The normalized spacial score (nSPS) is 22.3. The Hall–Kier alpha value is -1.33. The van der Waals surface area contributed by atoms with Gasteiger partial charge in [0, 0.05) is 18.7 Å². The molecule has 5 nitrogen and oxygen atoms in total. The van der Waals surface area contributed by atoms with Crippen molar-refractivity contribution in [3.8, 4) is 5.75 Å². The van der Waals surface area contributed by atoms with Crippen LogP contribution in [0.4, 0.5) is 5.82 Å². The lowest BCUT2D eigenvalue weighted by atomic mass is 10.00. The first-order valence-electron chi connectivity index (χ1n) is 5.86. The number of nitrogens with two attached hydrogens (primary N) is 1. The van der Waals surface area contributed by atoms with Gasteiger partial charge in [-0.15, -0.1) is 12.4 Å². The van der Waals surface area contributed by atoms with Gasteiger partial charge in [-0.1, -0.05) is 6.42 Å². The molecule has 1 aromatic rings. The van der Waals surface area contributed by atoms with E-state index in [2.05, 4.69) is 10.3 Å². The molecular formula is C12H18ClN3O2. The first-order valence-corrected chi connectivity index (χ1v) is 5.86. The number of hydrogen-bond acceptors (Lipinski definition) is 4. The Balaban J connectivity index is 0.00000162. The minimum absolute atomic E-state index is 0. The maximum atomic E-state index is 11.7. The summed E-state index contributed by atoms with van der Waals surface area (Å²) in [7, 11) is 0. The fourth-order valence-electron chi connectivity index (χ4n) is 2.23. The molecule has 1 saturated carbocycles. The first kappa shape index (κ1) is 14.7. The van der Waals surface area contributed by atoms with Crippen LogP contribution in [0.25, 0.3) is 0 Å². The lowest BCUT2D eigenvalue weighted by Crippen LogP contribution is -2.28. The molecule has 1 aromatic heterocycles. The number of carbonyl (C=O) groups excluding carboxylic acids is 1. The van der Waals surface area contributed by atoms with Crippen molar-refractivity contribution in [2.45, 2.75) is 31.7 Å². The molecular weight excluding hydrogens is 254 g/mol. The van der Waals surface area contributed by atoms with E-state index < -0.39 is 0 Å². The standard InChI is InChI=1S/C12H17N3O2.ClH/c13-9-4-1-3-8(9)7-11(17)15-12-10(16)5-2-6-14-12;/h2,5-6,8-9,16H,1,3-4,7,13H2,(H,14,15,17);1H/t8-,9+;/m0./s1. The number of aromatic hydroxyl groups is 1. The zero-order valence-electron chi connectivity index (χ0n) is 10.0. The van der Waals surface area contributed by atoms with Crippen molar-refractivity contribution in [3.05, 3.63) is 18.3 Å². The molecule has 1 fully saturated rings. The van der Waals surface area contributed by atoms with E-state index in [4.69, 9.17) is 5.73 Å². The number of anilines is 1. The zero-order valence-corrected chi connectivity index (χ0v) is 10.8. The van der Waals surface area contributed by atoms with Crippen LogP contribution in [0, 0.1) is 5.92 Å². The average Bonchev–Trinajstić information content (AvgIpc) is 2.68. The molecule has 2 rings (SSSR count). The maximum absolute atomic E-state index is 11.7. The summed E-state index contributed by atoms with van der Waals surface area (Å²) in [6.07, 6.45) is 5.01.